The second-order valence-corrected chi connectivity index (χ2v) is 8.79. The molecule has 0 saturated carbocycles. The molecule has 0 radical (unpaired) electrons. The van der Waals surface area contributed by atoms with Crippen LogP contribution in [0.15, 0.2) is 111 Å². The van der Waals surface area contributed by atoms with Gasteiger partial charge in [0.15, 0.2) is 0 Å². The average molecular weight is 389 g/mol. The number of hydrogen-bond donors (Lipinski definition) is 0. The maximum atomic E-state index is 13.6. The number of aryl methyl sites for hydroxylation is 1. The van der Waals surface area contributed by atoms with Crippen molar-refractivity contribution in [1.82, 2.24) is 0 Å². The van der Waals surface area contributed by atoms with E-state index in [1.54, 1.807) is 11.8 Å². The molecule has 1 unspecified atom stereocenters. The van der Waals surface area contributed by atoms with Crippen molar-refractivity contribution < 1.29 is 4.21 Å². The van der Waals surface area contributed by atoms with E-state index in [0.29, 0.717) is 0 Å². The van der Waals surface area contributed by atoms with Gasteiger partial charge in [-0.2, -0.15) is 0 Å². The molecule has 0 aliphatic rings. The minimum Gasteiger partial charge on any atom is -0.249 e. The summed E-state index contributed by atoms with van der Waals surface area (Å²) in [5.74, 6) is 0. The Balaban J connectivity index is 1.80. The molecule has 0 aliphatic heterocycles. The summed E-state index contributed by atoms with van der Waals surface area (Å²) in [7, 11) is -1.24. The van der Waals surface area contributed by atoms with E-state index in [2.05, 4.69) is 37.3 Å². The van der Waals surface area contributed by atoms with Gasteiger partial charge < -0.3 is 0 Å². The smallest absolute Gasteiger partial charge is 0.0867 e. The van der Waals surface area contributed by atoms with Crippen molar-refractivity contribution in [2.45, 2.75) is 32.9 Å². The van der Waals surface area contributed by atoms with Crippen LogP contribution in [0.4, 0.5) is 0 Å². The van der Waals surface area contributed by atoms with Gasteiger partial charge in [0.1, 0.15) is 0 Å². The predicted octanol–water partition coefficient (Wildman–Crippen LogP) is 6.72. The minimum atomic E-state index is -1.24. The first-order valence-electron chi connectivity index (χ1n) is 9.02. The van der Waals surface area contributed by atoms with Crippen molar-refractivity contribution in [3.63, 3.8) is 0 Å². The topological polar surface area (TPSA) is 17.1 Å². The van der Waals surface area contributed by atoms with Gasteiger partial charge in [-0.05, 0) is 53.1 Å². The summed E-state index contributed by atoms with van der Waals surface area (Å²) in [6.45, 7) is 2.16. The van der Waals surface area contributed by atoms with E-state index in [9.17, 15) is 4.21 Å². The van der Waals surface area contributed by atoms with E-state index in [0.717, 1.165) is 31.4 Å². The van der Waals surface area contributed by atoms with E-state index < -0.39 is 10.8 Å². The van der Waals surface area contributed by atoms with Crippen molar-refractivity contribution >= 4 is 33.3 Å². The highest BCUT2D eigenvalue weighted by atomic mass is 32.2. The molecule has 0 aromatic heterocycles. The Kier molecular flexibility index (Phi) is 5.42. The van der Waals surface area contributed by atoms with Crippen molar-refractivity contribution in [3.8, 4) is 0 Å². The highest BCUT2D eigenvalue weighted by Gasteiger charge is 2.16. The van der Waals surface area contributed by atoms with Crippen LogP contribution < -0.4 is 0 Å². The minimum absolute atomic E-state index is 0.862. The van der Waals surface area contributed by atoms with Crippen LogP contribution in [0.3, 0.4) is 0 Å². The zero-order valence-electron chi connectivity index (χ0n) is 15.1. The van der Waals surface area contributed by atoms with Crippen molar-refractivity contribution in [1.29, 1.82) is 0 Å². The van der Waals surface area contributed by atoms with Crippen LogP contribution in [0.1, 0.15) is 12.5 Å². The van der Waals surface area contributed by atoms with E-state index >= 15 is 0 Å². The maximum absolute atomic E-state index is 13.6. The normalized spacial score (nSPS) is 12.2. The highest BCUT2D eigenvalue weighted by Crippen LogP contribution is 2.35. The molecule has 1 atom stereocenters. The third-order valence-corrected chi connectivity index (χ3v) is 7.30. The molecule has 4 aromatic carbocycles. The van der Waals surface area contributed by atoms with Crippen LogP contribution in [0.2, 0.25) is 0 Å². The SMILES string of the molecule is CCc1ccc(S(=O)c2ccccc2Sc2ccccc2)c2ccccc12. The molecule has 4 rings (SSSR count). The van der Waals surface area contributed by atoms with Gasteiger partial charge in [-0.25, -0.2) is 4.21 Å². The lowest BCUT2D eigenvalue weighted by Crippen LogP contribution is -1.98. The molecule has 0 heterocycles. The van der Waals surface area contributed by atoms with E-state index in [4.69, 9.17) is 0 Å². The summed E-state index contributed by atoms with van der Waals surface area (Å²) in [6, 6.07) is 30.6. The zero-order valence-corrected chi connectivity index (χ0v) is 16.7. The zero-order chi connectivity index (χ0) is 18.6. The third-order valence-electron chi connectivity index (χ3n) is 4.57. The maximum Gasteiger partial charge on any atom is 0.0867 e. The first-order chi connectivity index (χ1) is 13.3. The van der Waals surface area contributed by atoms with Crippen LogP contribution >= 0.6 is 11.8 Å². The summed E-state index contributed by atoms with van der Waals surface area (Å²) < 4.78 is 13.6. The Hall–Kier alpha value is -2.36. The lowest BCUT2D eigenvalue weighted by atomic mass is 10.0. The Morgan fingerprint density at radius 2 is 1.37 bits per heavy atom. The van der Waals surface area contributed by atoms with E-state index in [1.165, 1.54) is 10.9 Å². The molecular weight excluding hydrogens is 368 g/mol. The fourth-order valence-corrected chi connectivity index (χ4v) is 5.70. The van der Waals surface area contributed by atoms with Gasteiger partial charge >= 0.3 is 0 Å². The predicted molar refractivity (Wildman–Crippen MR) is 115 cm³/mol. The van der Waals surface area contributed by atoms with Gasteiger partial charge in [-0.1, -0.05) is 79.3 Å². The molecule has 0 aliphatic carbocycles. The van der Waals surface area contributed by atoms with Gasteiger partial charge in [0.2, 0.25) is 0 Å². The molecular formula is C24H20OS2. The largest absolute Gasteiger partial charge is 0.249 e. The number of fused-ring (bicyclic) bond motifs is 1. The summed E-state index contributed by atoms with van der Waals surface area (Å²) in [6.07, 6.45) is 0.966. The van der Waals surface area contributed by atoms with Gasteiger partial charge in [0, 0.05) is 9.79 Å². The second-order valence-electron chi connectivity index (χ2n) is 6.25. The van der Waals surface area contributed by atoms with Crippen molar-refractivity contribution in [3.05, 3.63) is 96.6 Å². The fourth-order valence-electron chi connectivity index (χ4n) is 3.23. The van der Waals surface area contributed by atoms with E-state index in [-0.39, 0.29) is 0 Å². The van der Waals surface area contributed by atoms with Gasteiger partial charge in [-0.15, -0.1) is 0 Å². The Morgan fingerprint density at radius 3 is 2.15 bits per heavy atom. The first kappa shape index (κ1) is 18.0. The van der Waals surface area contributed by atoms with Crippen molar-refractivity contribution in [2.24, 2.45) is 0 Å². The number of rotatable bonds is 5. The first-order valence-corrected chi connectivity index (χ1v) is 11.0. The van der Waals surface area contributed by atoms with Crippen LogP contribution in [0.25, 0.3) is 10.8 Å². The average Bonchev–Trinajstić information content (AvgIpc) is 2.73. The molecule has 0 bridgehead atoms. The van der Waals surface area contributed by atoms with Crippen molar-refractivity contribution in [2.75, 3.05) is 0 Å². The Labute approximate surface area is 166 Å². The lowest BCUT2D eigenvalue weighted by Gasteiger charge is -2.13. The quantitative estimate of drug-likeness (QED) is 0.377. The molecule has 0 amide bonds. The Bertz CT molecular complexity index is 1100. The van der Waals surface area contributed by atoms with Crippen LogP contribution in [0, 0.1) is 0 Å². The summed E-state index contributed by atoms with van der Waals surface area (Å²) in [4.78, 5) is 3.92. The van der Waals surface area contributed by atoms with E-state index in [1.807, 2.05) is 60.7 Å². The summed E-state index contributed by atoms with van der Waals surface area (Å²) in [5, 5.41) is 2.27. The molecule has 0 saturated heterocycles. The van der Waals surface area contributed by atoms with Gasteiger partial charge in [0.25, 0.3) is 0 Å². The fraction of sp³-hybridized carbons (Fsp3) is 0.0833. The van der Waals surface area contributed by atoms with Gasteiger partial charge in [-0.3, -0.25) is 0 Å². The second kappa shape index (κ2) is 8.12. The Morgan fingerprint density at radius 1 is 0.704 bits per heavy atom. The third kappa shape index (κ3) is 3.71. The molecule has 1 nitrogen and oxygen atoms in total. The standard InChI is InChI=1S/C24H20OS2/c1-2-18-16-17-23(21-13-7-6-12-20(18)21)27(25)24-15-9-8-14-22(24)26-19-10-4-3-5-11-19/h3-17H,2H2,1H3. The van der Waals surface area contributed by atoms with Crippen LogP contribution in [-0.2, 0) is 17.2 Å². The number of hydrogen-bond acceptors (Lipinski definition) is 2. The van der Waals surface area contributed by atoms with Crippen LogP contribution in [0.5, 0.6) is 0 Å². The monoisotopic (exact) mass is 388 g/mol. The van der Waals surface area contributed by atoms with Crippen LogP contribution in [-0.4, -0.2) is 4.21 Å². The molecule has 27 heavy (non-hydrogen) atoms. The molecule has 0 N–H and O–H groups in total. The summed E-state index contributed by atoms with van der Waals surface area (Å²) in [5.41, 5.74) is 1.29. The molecule has 3 heteroatoms. The molecule has 0 fully saturated rings. The molecule has 4 aromatic rings. The number of benzene rings is 4. The lowest BCUT2D eigenvalue weighted by molar-refractivity contribution is 0.682. The summed E-state index contributed by atoms with van der Waals surface area (Å²) >= 11 is 1.66. The highest BCUT2D eigenvalue weighted by molar-refractivity contribution is 8.00. The van der Waals surface area contributed by atoms with Gasteiger partial charge in [0.05, 0.1) is 20.6 Å². The molecule has 0 spiro atoms. The molecule has 134 valence electrons.